The quantitative estimate of drug-likeness (QED) is 0.0525. The molecule has 18 atom stereocenters. The molecule has 5 heterocycles. The fourth-order valence-electron chi connectivity index (χ4n) is 12.4. The van der Waals surface area contributed by atoms with Crippen LogP contribution in [0.25, 0.3) is 11.0 Å². The lowest BCUT2D eigenvalue weighted by molar-refractivity contribution is -0.318. The highest BCUT2D eigenvalue weighted by Gasteiger charge is 2.54. The van der Waals surface area contributed by atoms with Crippen molar-refractivity contribution in [1.82, 2.24) is 24.8 Å². The SMILES string of the molecule is CC[C@H]1OC(=O)[C@H](C)[C@@H](O[C@H]2C[C@@](C)(OC)[C@@H](OC(=O)CCNCCCc3cnc4c(c3)c(=O)c(C(=O)O)cn4N(C)C)[C@H](C)O2)[C@H](C)[C@@H](O[C@@H]2O[C@H](C)C[C@H](N(C)C)[C@H]2O)[C@](C)(O)C[C@@H](C)/C(=N\OCCN(CC)CC)[C@H](C)[C@@H](O)[C@]1(C)O. The van der Waals surface area contributed by atoms with Gasteiger partial charge >= 0.3 is 17.9 Å². The monoisotopic (exact) mass is 1190 g/mol. The van der Waals surface area contributed by atoms with Crippen LogP contribution in [0.4, 0.5) is 0 Å². The van der Waals surface area contributed by atoms with Gasteiger partial charge in [0.2, 0.25) is 5.43 Å². The molecule has 5 rings (SSSR count). The van der Waals surface area contributed by atoms with Gasteiger partial charge in [0.05, 0.1) is 59.6 Å². The smallest absolute Gasteiger partial charge is 0.341 e. The first-order valence-corrected chi connectivity index (χ1v) is 30.0. The van der Waals surface area contributed by atoms with Gasteiger partial charge in [-0.3, -0.25) is 14.4 Å². The molecule has 478 valence electrons. The number of aryl methyl sites for hydroxylation is 1. The van der Waals surface area contributed by atoms with E-state index in [9.17, 15) is 44.7 Å². The van der Waals surface area contributed by atoms with Gasteiger partial charge in [0.1, 0.15) is 35.6 Å². The predicted molar refractivity (Wildman–Crippen MR) is 315 cm³/mol. The number of ether oxygens (including phenoxy) is 7. The summed E-state index contributed by atoms with van der Waals surface area (Å²) in [5.41, 5.74) is -4.53. The van der Waals surface area contributed by atoms with Crippen molar-refractivity contribution in [3.8, 4) is 0 Å². The van der Waals surface area contributed by atoms with E-state index in [4.69, 9.17) is 38.0 Å². The van der Waals surface area contributed by atoms with Crippen molar-refractivity contribution in [3.05, 3.63) is 39.8 Å². The number of nitrogens with zero attached hydrogens (tertiary/aromatic N) is 6. The van der Waals surface area contributed by atoms with E-state index in [1.807, 2.05) is 32.8 Å². The Hall–Kier alpha value is -4.44. The Bertz CT molecular complexity index is 2560. The lowest BCUT2D eigenvalue weighted by atomic mass is 9.73. The summed E-state index contributed by atoms with van der Waals surface area (Å²) in [7, 11) is 8.65. The molecule has 0 spiro atoms. The number of methoxy groups -OCH3 is 1. The van der Waals surface area contributed by atoms with Gasteiger partial charge < -0.3 is 83.7 Å². The number of oxime groups is 1. The largest absolute Gasteiger partial charge is 0.477 e. The van der Waals surface area contributed by atoms with Crippen LogP contribution < -0.4 is 15.8 Å². The topological polar surface area (TPSA) is 295 Å². The molecule has 0 unspecified atom stereocenters. The second-order valence-corrected chi connectivity index (χ2v) is 24.6. The zero-order valence-electron chi connectivity index (χ0n) is 52.9. The Labute approximate surface area is 496 Å². The Morgan fingerprint density at radius 2 is 1.61 bits per heavy atom. The first kappa shape index (κ1) is 70.3. The number of rotatable bonds is 23. The van der Waals surface area contributed by atoms with Gasteiger partial charge in [-0.25, -0.2) is 14.5 Å². The minimum atomic E-state index is -2.00. The van der Waals surface area contributed by atoms with Crippen LogP contribution in [-0.4, -0.2) is 228 Å². The van der Waals surface area contributed by atoms with Gasteiger partial charge in [-0.1, -0.05) is 46.7 Å². The van der Waals surface area contributed by atoms with E-state index in [-0.39, 0.29) is 61.9 Å². The number of fused-ring (bicyclic) bond motifs is 1. The second-order valence-electron chi connectivity index (χ2n) is 24.6. The fourth-order valence-corrected chi connectivity index (χ4v) is 12.4. The first-order chi connectivity index (χ1) is 39.4. The van der Waals surface area contributed by atoms with Gasteiger partial charge in [0, 0.05) is 76.9 Å². The highest BCUT2D eigenvalue weighted by molar-refractivity contribution is 5.92. The van der Waals surface area contributed by atoms with Crippen LogP contribution in [-0.2, 0) is 54.0 Å². The number of carboxylic acid groups (broad SMARTS) is 1. The molecule has 6 N–H and O–H groups in total. The molecular formula is C60H101N7O17. The number of carbonyl (C=O) groups excluding carboxylic acids is 2. The molecule has 2 aromatic heterocycles. The van der Waals surface area contributed by atoms with Crippen molar-refractivity contribution in [2.24, 2.45) is 28.8 Å². The van der Waals surface area contributed by atoms with Crippen LogP contribution in [0, 0.1) is 23.7 Å². The maximum Gasteiger partial charge on any atom is 0.341 e. The first-order valence-electron chi connectivity index (χ1n) is 30.0. The summed E-state index contributed by atoms with van der Waals surface area (Å²) in [5, 5.41) is 68.7. The van der Waals surface area contributed by atoms with Crippen LogP contribution in [0.2, 0.25) is 0 Å². The third-order valence-corrected chi connectivity index (χ3v) is 17.5. The van der Waals surface area contributed by atoms with E-state index in [0.717, 1.165) is 18.7 Å². The number of hydrogen-bond acceptors (Lipinski definition) is 22. The van der Waals surface area contributed by atoms with Crippen molar-refractivity contribution in [2.45, 2.75) is 212 Å². The van der Waals surface area contributed by atoms with E-state index in [1.165, 1.54) is 24.9 Å². The van der Waals surface area contributed by atoms with Crippen molar-refractivity contribution in [1.29, 1.82) is 0 Å². The summed E-state index contributed by atoms with van der Waals surface area (Å²) in [6.07, 6.45) is -6.06. The van der Waals surface area contributed by atoms with Gasteiger partial charge in [0.25, 0.3) is 0 Å². The molecule has 0 amide bonds. The second kappa shape index (κ2) is 30.5. The van der Waals surface area contributed by atoms with Gasteiger partial charge in [-0.05, 0) is 119 Å². The lowest BCUT2D eigenvalue weighted by Gasteiger charge is -2.49. The number of esters is 2. The molecule has 3 saturated heterocycles. The van der Waals surface area contributed by atoms with Gasteiger partial charge in [-0.15, -0.1) is 0 Å². The summed E-state index contributed by atoms with van der Waals surface area (Å²) in [4.78, 5) is 67.7. The number of aromatic nitrogens is 2. The predicted octanol–water partition coefficient (Wildman–Crippen LogP) is 3.70. The van der Waals surface area contributed by atoms with E-state index >= 15 is 0 Å². The number of carboxylic acids is 1. The Morgan fingerprint density at radius 3 is 2.21 bits per heavy atom. The molecule has 24 nitrogen and oxygen atoms in total. The van der Waals surface area contributed by atoms with E-state index in [1.54, 1.807) is 79.8 Å². The molecule has 0 aliphatic carbocycles. The summed E-state index contributed by atoms with van der Waals surface area (Å²) < 4.78 is 46.7. The van der Waals surface area contributed by atoms with Crippen LogP contribution in [0.1, 0.15) is 138 Å². The molecular weight excluding hydrogens is 1090 g/mol. The Kier molecular flexibility index (Phi) is 25.5. The third kappa shape index (κ3) is 17.0. The van der Waals surface area contributed by atoms with E-state index < -0.39 is 119 Å². The van der Waals surface area contributed by atoms with Crippen molar-refractivity contribution >= 4 is 34.7 Å². The number of aliphatic hydroxyl groups excluding tert-OH is 2. The van der Waals surface area contributed by atoms with Crippen LogP contribution >= 0.6 is 0 Å². The zero-order chi connectivity index (χ0) is 62.8. The lowest BCUT2D eigenvalue weighted by Crippen LogP contribution is -2.61. The number of likely N-dealkylation sites (N-methyl/N-ethyl adjacent to an activating group) is 2. The summed E-state index contributed by atoms with van der Waals surface area (Å²) in [6, 6.07) is 1.30. The van der Waals surface area contributed by atoms with Crippen molar-refractivity contribution < 1.29 is 77.9 Å². The minimum absolute atomic E-state index is 0.00768. The van der Waals surface area contributed by atoms with Crippen LogP contribution in [0.3, 0.4) is 0 Å². The summed E-state index contributed by atoms with van der Waals surface area (Å²) >= 11 is 0. The maximum atomic E-state index is 14.8. The Morgan fingerprint density at radius 1 is 0.929 bits per heavy atom. The normalized spacial score (nSPS) is 35.2. The van der Waals surface area contributed by atoms with Crippen molar-refractivity contribution in [2.75, 3.05) is 79.6 Å². The average Bonchev–Trinajstić information content (AvgIpc) is 2.25. The molecule has 0 aromatic carbocycles. The van der Waals surface area contributed by atoms with Gasteiger partial charge in [-0.2, -0.15) is 0 Å². The van der Waals surface area contributed by atoms with Gasteiger partial charge in [0.15, 0.2) is 24.3 Å². The molecule has 0 bridgehead atoms. The minimum Gasteiger partial charge on any atom is -0.477 e. The number of carbonyl (C=O) groups is 3. The Balaban J connectivity index is 1.39. The molecule has 3 aliphatic heterocycles. The molecule has 0 saturated carbocycles. The standard InChI is InChI=1S/C60H101N7O17/c1-18-44-60(12,76)51(71)36(6)47(63-78-27-26-66(19-2)20-3)34(4)30-58(10,75)52(84-57-49(70)43(64(13)14)28-35(5)79-57)37(7)50(38(8)56(74)81-44)83-46-31-59(11,77-17)53(39(9)80-46)82-45(68)23-25-61-24-21-22-40-29-41-48(69)42(55(72)73)33-67(65(15)16)54(41)62-32-40/h29,32-39,43-44,46,49-53,57,61,70-71,75-76H,18-28,30-31H2,1-17H3,(H,72,73)/b63-47+/t34-,35-,36+,37+,38-,39+,43+,44-,46+,49-,50+,51-,52-,53+,57+,58-,59-,60-/m1/s1. The molecule has 24 heteroatoms. The van der Waals surface area contributed by atoms with Crippen LogP contribution in [0.15, 0.2) is 28.4 Å². The maximum absolute atomic E-state index is 14.8. The van der Waals surface area contributed by atoms with Crippen molar-refractivity contribution in [3.63, 3.8) is 0 Å². The number of nitrogens with one attached hydrogen (secondary N) is 1. The number of pyridine rings is 2. The molecule has 2 aromatic rings. The highest BCUT2D eigenvalue weighted by atomic mass is 16.7. The number of hydrogen-bond donors (Lipinski definition) is 6. The highest BCUT2D eigenvalue weighted by Crippen LogP contribution is 2.42. The average molecular weight is 1190 g/mol. The number of aromatic carboxylic acids is 1. The van der Waals surface area contributed by atoms with E-state index in [0.29, 0.717) is 43.7 Å². The molecule has 0 radical (unpaired) electrons. The third-order valence-electron chi connectivity index (χ3n) is 17.5. The fraction of sp³-hybridized carbons (Fsp3) is 0.800. The molecule has 3 fully saturated rings. The zero-order valence-corrected chi connectivity index (χ0v) is 52.9. The molecule has 84 heavy (non-hydrogen) atoms. The number of aliphatic hydroxyl groups is 4. The summed E-state index contributed by atoms with van der Waals surface area (Å²) in [6.45, 7) is 24.4. The summed E-state index contributed by atoms with van der Waals surface area (Å²) in [5.74, 6) is -6.15. The van der Waals surface area contributed by atoms with E-state index in [2.05, 4.69) is 34.2 Å². The molecule has 3 aliphatic rings. The number of cyclic esters (lactones) is 1. The van der Waals surface area contributed by atoms with Crippen LogP contribution in [0.5, 0.6) is 0 Å².